The maximum absolute atomic E-state index is 6.07. The van der Waals surface area contributed by atoms with E-state index in [0.717, 1.165) is 21.1 Å². The maximum atomic E-state index is 6.07. The predicted octanol–water partition coefficient (Wildman–Crippen LogP) is 2.56. The molecule has 3 aromatic heterocycles. The van der Waals surface area contributed by atoms with Gasteiger partial charge in [0.25, 0.3) is 0 Å². The number of halogens is 1. The zero-order valence-electron chi connectivity index (χ0n) is 10.2. The Hall–Kier alpha value is -1.73. The lowest BCUT2D eigenvalue weighted by Gasteiger charge is -2.06. The van der Waals surface area contributed by atoms with E-state index in [1.165, 1.54) is 18.1 Å². The normalized spacial score (nSPS) is 11.1. The molecule has 6 nitrogen and oxygen atoms in total. The number of aromatic nitrogens is 6. The molecule has 0 unspecified atom stereocenters. The number of hydrogen-bond acceptors (Lipinski definition) is 6. The molecule has 0 fully saturated rings. The SMILES string of the molecule is Cc1nc(Cl)c(C)c(Sc2ncnc3nc[nH]c23)n1. The molecule has 0 aliphatic rings. The monoisotopic (exact) mass is 292 g/mol. The Morgan fingerprint density at radius 2 is 1.95 bits per heavy atom. The van der Waals surface area contributed by atoms with E-state index < -0.39 is 0 Å². The van der Waals surface area contributed by atoms with Gasteiger partial charge in [0.15, 0.2) is 5.65 Å². The number of aromatic amines is 1. The summed E-state index contributed by atoms with van der Waals surface area (Å²) in [4.78, 5) is 24.0. The first-order valence-corrected chi connectivity index (χ1v) is 6.67. The summed E-state index contributed by atoms with van der Waals surface area (Å²) in [6.45, 7) is 3.69. The summed E-state index contributed by atoms with van der Waals surface area (Å²) >= 11 is 7.48. The van der Waals surface area contributed by atoms with Crippen LogP contribution in [0.4, 0.5) is 0 Å². The first-order valence-electron chi connectivity index (χ1n) is 5.48. The van der Waals surface area contributed by atoms with E-state index in [4.69, 9.17) is 11.6 Å². The Kier molecular flexibility index (Phi) is 3.08. The van der Waals surface area contributed by atoms with E-state index in [-0.39, 0.29) is 0 Å². The molecular formula is C11H9ClN6S. The Bertz CT molecular complexity index is 756. The van der Waals surface area contributed by atoms with Crippen molar-refractivity contribution in [2.24, 2.45) is 0 Å². The fraction of sp³-hybridized carbons (Fsp3) is 0.182. The zero-order valence-corrected chi connectivity index (χ0v) is 11.7. The lowest BCUT2D eigenvalue weighted by Crippen LogP contribution is -1.96. The highest BCUT2D eigenvalue weighted by Crippen LogP contribution is 2.32. The van der Waals surface area contributed by atoms with Gasteiger partial charge in [0, 0.05) is 5.56 Å². The highest BCUT2D eigenvalue weighted by Gasteiger charge is 2.13. The second-order valence-corrected chi connectivity index (χ2v) is 5.21. The van der Waals surface area contributed by atoms with E-state index in [2.05, 4.69) is 29.9 Å². The standard InChI is InChI=1S/C11H9ClN6S/c1-5-8(12)17-6(2)18-10(5)19-11-7-9(14-3-13-7)15-4-16-11/h3-4H,1-2H3,(H,13,14,15,16). The molecule has 3 heterocycles. The average molecular weight is 293 g/mol. The van der Waals surface area contributed by atoms with Crippen molar-refractivity contribution in [3.63, 3.8) is 0 Å². The zero-order chi connectivity index (χ0) is 13.4. The van der Waals surface area contributed by atoms with Crippen LogP contribution >= 0.6 is 23.4 Å². The quantitative estimate of drug-likeness (QED) is 0.731. The molecule has 0 bridgehead atoms. The van der Waals surface area contributed by atoms with Gasteiger partial charge in [0.1, 0.15) is 32.9 Å². The number of nitrogens with one attached hydrogen (secondary N) is 1. The molecule has 0 spiro atoms. The molecule has 0 aliphatic heterocycles. The largest absolute Gasteiger partial charge is 0.341 e. The van der Waals surface area contributed by atoms with Gasteiger partial charge in [0.2, 0.25) is 0 Å². The van der Waals surface area contributed by atoms with Crippen LogP contribution in [-0.4, -0.2) is 29.9 Å². The van der Waals surface area contributed by atoms with Crippen LogP contribution in [0.25, 0.3) is 11.2 Å². The summed E-state index contributed by atoms with van der Waals surface area (Å²) < 4.78 is 0. The highest BCUT2D eigenvalue weighted by atomic mass is 35.5. The van der Waals surface area contributed by atoms with Gasteiger partial charge in [-0.3, -0.25) is 0 Å². The van der Waals surface area contributed by atoms with E-state index >= 15 is 0 Å². The lowest BCUT2D eigenvalue weighted by atomic mass is 10.4. The van der Waals surface area contributed by atoms with Crippen LogP contribution in [0.3, 0.4) is 0 Å². The smallest absolute Gasteiger partial charge is 0.181 e. The Labute approximate surface area is 118 Å². The van der Waals surface area contributed by atoms with Crippen molar-refractivity contribution in [1.29, 1.82) is 0 Å². The van der Waals surface area contributed by atoms with Crippen molar-refractivity contribution in [3.05, 3.63) is 29.2 Å². The summed E-state index contributed by atoms with van der Waals surface area (Å²) in [7, 11) is 0. The lowest BCUT2D eigenvalue weighted by molar-refractivity contribution is 0.935. The van der Waals surface area contributed by atoms with Gasteiger partial charge in [0.05, 0.1) is 6.33 Å². The number of rotatable bonds is 2. The van der Waals surface area contributed by atoms with Crippen molar-refractivity contribution in [2.45, 2.75) is 23.9 Å². The van der Waals surface area contributed by atoms with Crippen LogP contribution in [0.5, 0.6) is 0 Å². The molecule has 0 aromatic carbocycles. The van der Waals surface area contributed by atoms with Crippen LogP contribution in [0.1, 0.15) is 11.4 Å². The average Bonchev–Trinajstić information content (AvgIpc) is 2.84. The van der Waals surface area contributed by atoms with E-state index in [9.17, 15) is 0 Å². The molecule has 3 rings (SSSR count). The molecule has 19 heavy (non-hydrogen) atoms. The highest BCUT2D eigenvalue weighted by molar-refractivity contribution is 7.99. The van der Waals surface area contributed by atoms with E-state index in [0.29, 0.717) is 16.6 Å². The second-order valence-electron chi connectivity index (χ2n) is 3.87. The Balaban J connectivity index is 2.08. The predicted molar refractivity (Wildman–Crippen MR) is 72.3 cm³/mol. The maximum Gasteiger partial charge on any atom is 0.181 e. The van der Waals surface area contributed by atoms with Crippen LogP contribution in [0.2, 0.25) is 5.15 Å². The molecule has 96 valence electrons. The first kappa shape index (κ1) is 12.3. The molecule has 0 radical (unpaired) electrons. The summed E-state index contributed by atoms with van der Waals surface area (Å²) in [5.41, 5.74) is 2.26. The molecule has 0 saturated carbocycles. The molecule has 0 saturated heterocycles. The van der Waals surface area contributed by atoms with Crippen LogP contribution < -0.4 is 0 Å². The van der Waals surface area contributed by atoms with Gasteiger partial charge in [-0.05, 0) is 25.6 Å². The van der Waals surface area contributed by atoms with Gasteiger partial charge in [-0.2, -0.15) is 0 Å². The topological polar surface area (TPSA) is 80.2 Å². The third-order valence-corrected chi connectivity index (χ3v) is 4.00. The number of nitrogens with zero attached hydrogens (tertiary/aromatic N) is 5. The Morgan fingerprint density at radius 1 is 1.11 bits per heavy atom. The molecule has 0 aliphatic carbocycles. The molecule has 0 atom stereocenters. The number of hydrogen-bond donors (Lipinski definition) is 1. The fourth-order valence-corrected chi connectivity index (χ4v) is 2.81. The van der Waals surface area contributed by atoms with Crippen LogP contribution in [0, 0.1) is 13.8 Å². The summed E-state index contributed by atoms with van der Waals surface area (Å²) in [6.07, 6.45) is 3.07. The number of imidazole rings is 1. The molecule has 3 aromatic rings. The second kappa shape index (κ2) is 4.75. The molecule has 1 N–H and O–H groups in total. The Morgan fingerprint density at radius 3 is 2.79 bits per heavy atom. The van der Waals surface area contributed by atoms with Gasteiger partial charge in [-0.1, -0.05) is 11.6 Å². The van der Waals surface area contributed by atoms with Crippen LogP contribution in [0.15, 0.2) is 22.7 Å². The van der Waals surface area contributed by atoms with E-state index in [1.54, 1.807) is 13.3 Å². The van der Waals surface area contributed by atoms with Gasteiger partial charge >= 0.3 is 0 Å². The minimum Gasteiger partial charge on any atom is -0.341 e. The first-order chi connectivity index (χ1) is 9.15. The number of aryl methyl sites for hydroxylation is 1. The van der Waals surface area contributed by atoms with Gasteiger partial charge in [-0.25, -0.2) is 24.9 Å². The summed E-state index contributed by atoms with van der Waals surface area (Å²) in [6, 6.07) is 0. The third kappa shape index (κ3) is 2.26. The van der Waals surface area contributed by atoms with Gasteiger partial charge in [-0.15, -0.1) is 0 Å². The fourth-order valence-electron chi connectivity index (χ4n) is 1.58. The van der Waals surface area contributed by atoms with Crippen molar-refractivity contribution >= 4 is 34.5 Å². The van der Waals surface area contributed by atoms with Gasteiger partial charge < -0.3 is 4.98 Å². The molecule has 8 heteroatoms. The van der Waals surface area contributed by atoms with Crippen molar-refractivity contribution in [3.8, 4) is 0 Å². The van der Waals surface area contributed by atoms with Crippen LogP contribution in [-0.2, 0) is 0 Å². The van der Waals surface area contributed by atoms with Crippen molar-refractivity contribution in [2.75, 3.05) is 0 Å². The summed E-state index contributed by atoms with van der Waals surface area (Å²) in [5, 5.41) is 2.01. The van der Waals surface area contributed by atoms with E-state index in [1.807, 2.05) is 6.92 Å². The van der Waals surface area contributed by atoms with Crippen molar-refractivity contribution in [1.82, 2.24) is 29.9 Å². The number of H-pyrrole nitrogens is 1. The summed E-state index contributed by atoms with van der Waals surface area (Å²) in [5.74, 6) is 0.632. The molecule has 0 amide bonds. The number of fused-ring (bicyclic) bond motifs is 1. The minimum atomic E-state index is 0.463. The molecular weight excluding hydrogens is 284 g/mol. The third-order valence-electron chi connectivity index (χ3n) is 2.54. The minimum absolute atomic E-state index is 0.463. The van der Waals surface area contributed by atoms with Crippen molar-refractivity contribution < 1.29 is 0 Å².